The van der Waals surface area contributed by atoms with Crippen molar-refractivity contribution in [3.63, 3.8) is 0 Å². The lowest BCUT2D eigenvalue weighted by Gasteiger charge is -2.45. The van der Waals surface area contributed by atoms with Gasteiger partial charge in [0.1, 0.15) is 5.82 Å². The van der Waals surface area contributed by atoms with Gasteiger partial charge in [0.05, 0.1) is 0 Å². The van der Waals surface area contributed by atoms with Crippen LogP contribution >= 0.6 is 11.8 Å². The summed E-state index contributed by atoms with van der Waals surface area (Å²) in [7, 11) is 1.83. The van der Waals surface area contributed by atoms with E-state index < -0.39 is 0 Å². The third-order valence-corrected chi connectivity index (χ3v) is 6.85. The number of nitrogens with zero attached hydrogens (tertiary/aromatic N) is 3. The van der Waals surface area contributed by atoms with Crippen molar-refractivity contribution in [1.82, 2.24) is 15.2 Å². The van der Waals surface area contributed by atoms with Crippen molar-refractivity contribution >= 4 is 29.4 Å². The van der Waals surface area contributed by atoms with Crippen LogP contribution in [-0.4, -0.2) is 58.9 Å². The van der Waals surface area contributed by atoms with Gasteiger partial charge < -0.3 is 15.5 Å². The number of aryl methyl sites for hydroxylation is 1. The van der Waals surface area contributed by atoms with Gasteiger partial charge in [-0.25, -0.2) is 4.98 Å². The number of aliphatic imine (C=N–C) groups is 1. The first-order valence-electron chi connectivity index (χ1n) is 9.93. The Balaban J connectivity index is 1.46. The molecule has 1 aliphatic carbocycles. The molecule has 2 heterocycles. The van der Waals surface area contributed by atoms with Crippen molar-refractivity contribution in [2.24, 2.45) is 4.99 Å². The lowest BCUT2D eigenvalue weighted by Crippen LogP contribution is -2.53. The van der Waals surface area contributed by atoms with Gasteiger partial charge in [0.2, 0.25) is 5.91 Å². The number of nitrogens with one attached hydrogen (secondary N) is 2. The highest BCUT2D eigenvalue weighted by Crippen LogP contribution is 2.42. The van der Waals surface area contributed by atoms with Crippen LogP contribution in [-0.2, 0) is 4.79 Å². The van der Waals surface area contributed by atoms with E-state index in [9.17, 15) is 4.79 Å². The number of hydrogen-bond acceptors (Lipinski definition) is 4. The van der Waals surface area contributed by atoms with E-state index in [1.165, 1.54) is 32.1 Å². The van der Waals surface area contributed by atoms with Gasteiger partial charge in [-0.15, -0.1) is 0 Å². The molecule has 2 aliphatic rings. The summed E-state index contributed by atoms with van der Waals surface area (Å²) in [6, 6.07) is 5.62. The number of rotatable bonds is 4. The highest BCUT2D eigenvalue weighted by atomic mass is 32.2. The average Bonchev–Trinajstić information content (AvgIpc) is 2.66. The zero-order valence-electron chi connectivity index (χ0n) is 16.5. The fourth-order valence-corrected chi connectivity index (χ4v) is 5.53. The minimum absolute atomic E-state index is 0.0333. The zero-order valence-corrected chi connectivity index (χ0v) is 17.3. The second-order valence-corrected chi connectivity index (χ2v) is 9.01. The number of pyridine rings is 1. The molecule has 1 saturated heterocycles. The molecule has 0 radical (unpaired) electrons. The molecule has 1 aromatic heterocycles. The van der Waals surface area contributed by atoms with Crippen LogP contribution in [0.2, 0.25) is 0 Å². The quantitative estimate of drug-likeness (QED) is 0.612. The van der Waals surface area contributed by atoms with Crippen molar-refractivity contribution in [3.8, 4) is 0 Å². The van der Waals surface area contributed by atoms with Crippen LogP contribution in [0.15, 0.2) is 23.2 Å². The van der Waals surface area contributed by atoms with E-state index in [0.29, 0.717) is 23.5 Å². The van der Waals surface area contributed by atoms with Gasteiger partial charge in [-0.2, -0.15) is 11.8 Å². The van der Waals surface area contributed by atoms with Crippen molar-refractivity contribution in [2.45, 2.75) is 50.2 Å². The molecule has 27 heavy (non-hydrogen) atoms. The van der Waals surface area contributed by atoms with Crippen molar-refractivity contribution < 1.29 is 4.79 Å². The molecule has 2 fully saturated rings. The highest BCUT2D eigenvalue weighted by molar-refractivity contribution is 8.00. The van der Waals surface area contributed by atoms with Gasteiger partial charge in [-0.05, 0) is 31.9 Å². The van der Waals surface area contributed by atoms with Crippen LogP contribution in [0.1, 0.15) is 44.2 Å². The molecule has 1 spiro atoms. The maximum absolute atomic E-state index is 12.2. The minimum atomic E-state index is -0.0333. The Kier molecular flexibility index (Phi) is 6.99. The third kappa shape index (κ3) is 5.61. The Labute approximate surface area is 166 Å². The van der Waals surface area contributed by atoms with Crippen LogP contribution in [0, 0.1) is 6.92 Å². The molecule has 7 heteroatoms. The summed E-state index contributed by atoms with van der Waals surface area (Å²) in [5.41, 5.74) is 0.894. The first-order chi connectivity index (χ1) is 13.1. The number of thioether (sulfide) groups is 1. The molecule has 1 amide bonds. The Morgan fingerprint density at radius 3 is 2.89 bits per heavy atom. The van der Waals surface area contributed by atoms with Crippen molar-refractivity contribution in [2.75, 3.05) is 37.8 Å². The first kappa shape index (κ1) is 20.0. The first-order valence-corrected chi connectivity index (χ1v) is 10.9. The molecule has 0 aromatic carbocycles. The zero-order chi connectivity index (χ0) is 19.1. The second kappa shape index (κ2) is 9.44. The molecule has 1 aromatic rings. The number of carbonyl (C=O) groups excluding carboxylic acids is 1. The number of amides is 1. The average molecular weight is 390 g/mol. The number of carbonyl (C=O) groups is 1. The lowest BCUT2D eigenvalue weighted by molar-refractivity contribution is -0.116. The van der Waals surface area contributed by atoms with Crippen molar-refractivity contribution in [1.29, 1.82) is 0 Å². The van der Waals surface area contributed by atoms with Crippen LogP contribution in [0.5, 0.6) is 0 Å². The summed E-state index contributed by atoms with van der Waals surface area (Å²) in [6.07, 6.45) is 7.09. The molecule has 0 bridgehead atoms. The normalized spacial score (nSPS) is 19.8. The van der Waals surface area contributed by atoms with Crippen LogP contribution < -0.4 is 10.6 Å². The number of hydrogen-bond donors (Lipinski definition) is 2. The summed E-state index contributed by atoms with van der Waals surface area (Å²) in [6.45, 7) is 4.57. The maximum Gasteiger partial charge on any atom is 0.227 e. The number of guanidine groups is 1. The number of anilines is 1. The van der Waals surface area contributed by atoms with Crippen LogP contribution in [0.4, 0.5) is 5.82 Å². The molecule has 2 N–H and O–H groups in total. The predicted molar refractivity (Wildman–Crippen MR) is 113 cm³/mol. The van der Waals surface area contributed by atoms with Crippen LogP contribution in [0.25, 0.3) is 0 Å². The molecule has 1 saturated carbocycles. The van der Waals surface area contributed by atoms with Crippen molar-refractivity contribution in [3.05, 3.63) is 23.9 Å². The molecule has 0 atom stereocenters. The molecule has 1 aliphatic heterocycles. The largest absolute Gasteiger partial charge is 0.356 e. The Bertz CT molecular complexity index is 667. The van der Waals surface area contributed by atoms with E-state index in [-0.39, 0.29) is 5.91 Å². The third-order valence-electron chi connectivity index (χ3n) is 5.32. The van der Waals surface area contributed by atoms with Gasteiger partial charge in [-0.1, -0.05) is 25.3 Å². The predicted octanol–water partition coefficient (Wildman–Crippen LogP) is 3.05. The fourth-order valence-electron chi connectivity index (χ4n) is 3.96. The second-order valence-electron chi connectivity index (χ2n) is 7.45. The molecule has 0 unspecified atom stereocenters. The Morgan fingerprint density at radius 1 is 1.33 bits per heavy atom. The summed E-state index contributed by atoms with van der Waals surface area (Å²) in [5.74, 6) is 2.65. The van der Waals surface area contributed by atoms with Gasteiger partial charge in [0.25, 0.3) is 0 Å². The minimum Gasteiger partial charge on any atom is -0.356 e. The Morgan fingerprint density at radius 2 is 2.15 bits per heavy atom. The van der Waals surface area contributed by atoms with Gasteiger partial charge >= 0.3 is 0 Å². The van der Waals surface area contributed by atoms with E-state index in [1.807, 2.05) is 32.2 Å². The standard InChI is InChI=1S/C20H31N5OS/c1-16-7-6-8-17(23-16)24-18(26)9-12-22-19(21-2)25-13-14-27-20(15-25)10-4-3-5-11-20/h6-8H,3-5,9-15H2,1-2H3,(H,21,22)(H,23,24,26). The summed E-state index contributed by atoms with van der Waals surface area (Å²) < 4.78 is 0.405. The molecule has 6 nitrogen and oxygen atoms in total. The topological polar surface area (TPSA) is 69.6 Å². The monoisotopic (exact) mass is 389 g/mol. The fraction of sp³-hybridized carbons (Fsp3) is 0.650. The molecular formula is C20H31N5OS. The van der Waals surface area contributed by atoms with E-state index in [2.05, 4.69) is 37.3 Å². The summed E-state index contributed by atoms with van der Waals surface area (Å²) in [5, 5.41) is 6.23. The lowest BCUT2D eigenvalue weighted by atomic mass is 9.87. The van der Waals surface area contributed by atoms with E-state index >= 15 is 0 Å². The molecule has 148 valence electrons. The SMILES string of the molecule is CN=C(NCCC(=O)Nc1cccc(C)n1)N1CCSC2(CCCCC2)C1. The summed E-state index contributed by atoms with van der Waals surface area (Å²) >= 11 is 2.15. The molecular weight excluding hydrogens is 358 g/mol. The smallest absolute Gasteiger partial charge is 0.227 e. The van der Waals surface area contributed by atoms with E-state index in [4.69, 9.17) is 0 Å². The van der Waals surface area contributed by atoms with E-state index in [1.54, 1.807) is 0 Å². The molecule has 3 rings (SSSR count). The van der Waals surface area contributed by atoms with Gasteiger partial charge in [0, 0.05) is 49.3 Å². The highest BCUT2D eigenvalue weighted by Gasteiger charge is 2.38. The Hall–Kier alpha value is -1.76. The van der Waals surface area contributed by atoms with E-state index in [0.717, 1.165) is 30.5 Å². The van der Waals surface area contributed by atoms with Gasteiger partial charge in [0.15, 0.2) is 5.96 Å². The van der Waals surface area contributed by atoms with Crippen LogP contribution in [0.3, 0.4) is 0 Å². The maximum atomic E-state index is 12.2. The number of aromatic nitrogens is 1. The van der Waals surface area contributed by atoms with Gasteiger partial charge in [-0.3, -0.25) is 9.79 Å². The summed E-state index contributed by atoms with van der Waals surface area (Å²) in [4.78, 5) is 23.3.